The van der Waals surface area contributed by atoms with E-state index < -0.39 is 18.1 Å². The van der Waals surface area contributed by atoms with E-state index in [0.717, 1.165) is 0 Å². The van der Waals surface area contributed by atoms with E-state index in [9.17, 15) is 29.7 Å². The summed E-state index contributed by atoms with van der Waals surface area (Å²) in [6, 6.07) is 0. The largest absolute Gasteiger partial charge is 0.511 e. The van der Waals surface area contributed by atoms with E-state index in [2.05, 4.69) is 0 Å². The van der Waals surface area contributed by atoms with Crippen molar-refractivity contribution < 1.29 is 34.4 Å². The van der Waals surface area contributed by atoms with Crippen molar-refractivity contribution in [3.8, 4) is 5.75 Å². The number of carboxylic acid groups (broad SMARTS) is 3. The van der Waals surface area contributed by atoms with E-state index >= 15 is 0 Å². The standard InChI is InChI=1S/C18H27N3O7/c1-19(2)7-10-13(16(22)23)11(8-20(3)4)15(28-18(26)27)12(9-21(5)6)14(10)17(24)25/h7-9H2,1-6H3,(H,22,23)(H,24,25)(H,26,27). The highest BCUT2D eigenvalue weighted by Crippen LogP contribution is 2.37. The van der Waals surface area contributed by atoms with Crippen LogP contribution in [0, 0.1) is 0 Å². The van der Waals surface area contributed by atoms with Crippen LogP contribution in [0.15, 0.2) is 0 Å². The topological polar surface area (TPSA) is 131 Å². The van der Waals surface area contributed by atoms with Gasteiger partial charge in [-0.25, -0.2) is 14.4 Å². The Balaban J connectivity index is 4.15. The summed E-state index contributed by atoms with van der Waals surface area (Å²) in [6.45, 7) is 0.174. The molecule has 1 aromatic rings. The molecule has 0 atom stereocenters. The van der Waals surface area contributed by atoms with Crippen LogP contribution in [0.2, 0.25) is 0 Å². The van der Waals surface area contributed by atoms with E-state index in [4.69, 9.17) is 4.74 Å². The Morgan fingerprint density at radius 1 is 0.679 bits per heavy atom. The Morgan fingerprint density at radius 2 is 1.00 bits per heavy atom. The summed E-state index contributed by atoms with van der Waals surface area (Å²) in [5, 5.41) is 28.9. The zero-order valence-electron chi connectivity index (χ0n) is 16.9. The van der Waals surface area contributed by atoms with Crippen LogP contribution < -0.4 is 4.74 Å². The SMILES string of the molecule is CN(C)Cc1c(OC(=O)O)c(CN(C)C)c(C(=O)O)c(CN(C)C)c1C(=O)O. The van der Waals surface area contributed by atoms with Crippen molar-refractivity contribution in [1.29, 1.82) is 0 Å². The summed E-state index contributed by atoms with van der Waals surface area (Å²) >= 11 is 0. The van der Waals surface area contributed by atoms with Crippen molar-refractivity contribution in [3.05, 3.63) is 27.8 Å². The Bertz CT molecular complexity index is 724. The van der Waals surface area contributed by atoms with Crippen molar-refractivity contribution >= 4 is 18.1 Å². The Labute approximate surface area is 163 Å². The van der Waals surface area contributed by atoms with Gasteiger partial charge in [0.1, 0.15) is 5.75 Å². The molecule has 0 unspecified atom stereocenters. The normalized spacial score (nSPS) is 11.3. The van der Waals surface area contributed by atoms with Gasteiger partial charge in [-0.1, -0.05) is 0 Å². The summed E-state index contributed by atoms with van der Waals surface area (Å²) in [6.07, 6.45) is -1.65. The average Bonchev–Trinajstić information content (AvgIpc) is 2.48. The molecule has 156 valence electrons. The van der Waals surface area contributed by atoms with Gasteiger partial charge in [-0.05, 0) is 47.8 Å². The molecule has 0 saturated heterocycles. The first-order valence-corrected chi connectivity index (χ1v) is 8.38. The molecule has 0 heterocycles. The number of rotatable bonds is 9. The number of hydrogen-bond donors (Lipinski definition) is 3. The van der Waals surface area contributed by atoms with Crippen LogP contribution >= 0.6 is 0 Å². The Kier molecular flexibility index (Phi) is 7.91. The zero-order valence-corrected chi connectivity index (χ0v) is 16.9. The van der Waals surface area contributed by atoms with E-state index in [1.807, 2.05) is 0 Å². The van der Waals surface area contributed by atoms with Crippen LogP contribution in [0.5, 0.6) is 5.75 Å². The van der Waals surface area contributed by atoms with Crippen LogP contribution in [0.1, 0.15) is 37.4 Å². The molecule has 0 bridgehead atoms. The van der Waals surface area contributed by atoms with Gasteiger partial charge in [0.15, 0.2) is 0 Å². The van der Waals surface area contributed by atoms with Crippen molar-refractivity contribution in [2.24, 2.45) is 0 Å². The third-order valence-electron chi connectivity index (χ3n) is 3.80. The lowest BCUT2D eigenvalue weighted by atomic mass is 9.89. The molecule has 1 rings (SSSR count). The number of carboxylic acids is 2. The number of benzene rings is 1. The molecule has 0 radical (unpaired) electrons. The maximum atomic E-state index is 12.1. The minimum Gasteiger partial charge on any atom is -0.478 e. The molecule has 1 aromatic carbocycles. The lowest BCUT2D eigenvalue weighted by molar-refractivity contribution is 0.0688. The number of ether oxygens (including phenoxy) is 1. The zero-order chi connectivity index (χ0) is 21.8. The second-order valence-electron chi connectivity index (χ2n) is 7.21. The molecule has 0 fully saturated rings. The highest BCUT2D eigenvalue weighted by Gasteiger charge is 2.32. The van der Waals surface area contributed by atoms with Gasteiger partial charge in [0.25, 0.3) is 0 Å². The van der Waals surface area contributed by atoms with Crippen molar-refractivity contribution in [2.75, 3.05) is 42.3 Å². The molecule has 0 amide bonds. The van der Waals surface area contributed by atoms with Gasteiger partial charge >= 0.3 is 18.1 Å². The first kappa shape index (κ1) is 23.3. The fraction of sp³-hybridized carbons (Fsp3) is 0.500. The minimum atomic E-state index is -1.65. The molecule has 0 aliphatic heterocycles. The molecule has 28 heavy (non-hydrogen) atoms. The van der Waals surface area contributed by atoms with Crippen LogP contribution in [0.3, 0.4) is 0 Å². The van der Waals surface area contributed by atoms with Crippen molar-refractivity contribution in [3.63, 3.8) is 0 Å². The second kappa shape index (κ2) is 9.49. The molecule has 10 nitrogen and oxygen atoms in total. The quantitative estimate of drug-likeness (QED) is 0.414. The molecule has 0 saturated carbocycles. The smallest absolute Gasteiger partial charge is 0.478 e. The number of nitrogens with zero attached hydrogens (tertiary/aromatic N) is 3. The summed E-state index contributed by atoms with van der Waals surface area (Å²) in [7, 11) is 10.2. The molecule has 0 aliphatic carbocycles. The number of aromatic carboxylic acids is 2. The van der Waals surface area contributed by atoms with Crippen molar-refractivity contribution in [2.45, 2.75) is 19.6 Å². The van der Waals surface area contributed by atoms with Crippen LogP contribution in [0.4, 0.5) is 4.79 Å². The fourth-order valence-electron chi connectivity index (χ4n) is 3.03. The van der Waals surface area contributed by atoms with E-state index in [1.54, 1.807) is 57.0 Å². The summed E-state index contributed by atoms with van der Waals surface area (Å²) in [4.78, 5) is 40.5. The molecule has 3 N–H and O–H groups in total. The van der Waals surface area contributed by atoms with E-state index in [0.29, 0.717) is 0 Å². The fourth-order valence-corrected chi connectivity index (χ4v) is 3.03. The molecular weight excluding hydrogens is 370 g/mol. The first-order chi connectivity index (χ1) is 12.9. The van der Waals surface area contributed by atoms with E-state index in [-0.39, 0.29) is 53.2 Å². The van der Waals surface area contributed by atoms with E-state index in [1.165, 1.54) is 0 Å². The predicted octanol–water partition coefficient (Wildman–Crippen LogP) is 1.32. The van der Waals surface area contributed by atoms with Gasteiger partial charge in [0.05, 0.1) is 11.1 Å². The van der Waals surface area contributed by atoms with Gasteiger partial charge in [0, 0.05) is 30.8 Å². The van der Waals surface area contributed by atoms with Gasteiger partial charge in [-0.2, -0.15) is 0 Å². The lowest BCUT2D eigenvalue weighted by Crippen LogP contribution is -2.27. The predicted molar refractivity (Wildman–Crippen MR) is 101 cm³/mol. The molecular formula is C18H27N3O7. The summed E-state index contributed by atoms with van der Waals surface area (Å²) in [5.41, 5.74) is -0.147. The molecule has 10 heteroatoms. The molecule has 0 aromatic heterocycles. The van der Waals surface area contributed by atoms with Gasteiger partial charge in [0.2, 0.25) is 0 Å². The third-order valence-corrected chi connectivity index (χ3v) is 3.80. The highest BCUT2D eigenvalue weighted by atomic mass is 16.7. The number of carbonyl (C=O) groups is 3. The molecule has 0 aliphatic rings. The minimum absolute atomic E-state index is 0.0531. The Hall–Kier alpha value is -2.69. The maximum absolute atomic E-state index is 12.1. The van der Waals surface area contributed by atoms with Crippen molar-refractivity contribution in [1.82, 2.24) is 14.7 Å². The molecule has 0 spiro atoms. The maximum Gasteiger partial charge on any atom is 0.511 e. The number of hydrogen-bond acceptors (Lipinski definition) is 7. The third kappa shape index (κ3) is 5.65. The first-order valence-electron chi connectivity index (χ1n) is 8.38. The lowest BCUT2D eigenvalue weighted by Gasteiger charge is -2.26. The van der Waals surface area contributed by atoms with Gasteiger partial charge < -0.3 is 34.8 Å². The summed E-state index contributed by atoms with van der Waals surface area (Å²) < 4.78 is 4.94. The monoisotopic (exact) mass is 397 g/mol. The van der Waals surface area contributed by atoms with Crippen LogP contribution in [-0.2, 0) is 19.6 Å². The summed E-state index contributed by atoms with van der Waals surface area (Å²) in [5.74, 6) is -2.93. The van der Waals surface area contributed by atoms with Gasteiger partial charge in [-0.3, -0.25) is 0 Å². The Morgan fingerprint density at radius 3 is 1.25 bits per heavy atom. The van der Waals surface area contributed by atoms with Crippen LogP contribution in [0.25, 0.3) is 0 Å². The second-order valence-corrected chi connectivity index (χ2v) is 7.21. The highest BCUT2D eigenvalue weighted by molar-refractivity contribution is 6.00. The average molecular weight is 397 g/mol. The van der Waals surface area contributed by atoms with Crippen LogP contribution in [-0.4, -0.2) is 90.4 Å². The van der Waals surface area contributed by atoms with Gasteiger partial charge in [-0.15, -0.1) is 0 Å².